The van der Waals surface area contributed by atoms with Crippen LogP contribution in [0.3, 0.4) is 0 Å². The van der Waals surface area contributed by atoms with Crippen molar-refractivity contribution in [3.05, 3.63) is 24.4 Å². The van der Waals surface area contributed by atoms with Crippen molar-refractivity contribution in [3.63, 3.8) is 0 Å². The number of rotatable bonds is 35. The fourth-order valence-electron chi connectivity index (χ4n) is 6.93. The predicted molar refractivity (Wildman–Crippen MR) is 223 cm³/mol. The summed E-state index contributed by atoms with van der Waals surface area (Å²) in [5, 5.41) is 22.8. The Bertz CT molecular complexity index is 914. The van der Waals surface area contributed by atoms with Crippen LogP contribution in [0.15, 0.2) is 29.4 Å². The average molecular weight is 767 g/mol. The second-order valence-corrected chi connectivity index (χ2v) is 17.5. The third kappa shape index (κ3) is 26.8. The molecule has 1 aliphatic rings. The van der Waals surface area contributed by atoms with Crippen LogP contribution >= 0.6 is 21.6 Å². The Kier molecular flexibility index (Phi) is 30.4. The first kappa shape index (κ1) is 47.3. The van der Waals surface area contributed by atoms with E-state index < -0.39 is 0 Å². The molecule has 2 unspecified atom stereocenters. The largest absolute Gasteiger partial charge is 0.464 e. The number of unbranched alkanes of at least 4 members (excludes halogenated alkanes) is 15. The minimum atomic E-state index is -0.364. The average Bonchev–Trinajstić information content (AvgIpc) is 3.15. The smallest absolute Gasteiger partial charge is 0.305 e. The molecule has 1 aliphatic heterocycles. The van der Waals surface area contributed by atoms with Crippen molar-refractivity contribution in [2.75, 3.05) is 71.3 Å². The van der Waals surface area contributed by atoms with E-state index >= 15 is 0 Å². The highest BCUT2D eigenvalue weighted by atomic mass is 33.1. The van der Waals surface area contributed by atoms with Gasteiger partial charge in [-0.3, -0.25) is 19.5 Å². The van der Waals surface area contributed by atoms with Gasteiger partial charge in [-0.05, 0) is 55.2 Å². The number of carbonyl (C=O) groups is 1. The van der Waals surface area contributed by atoms with Crippen molar-refractivity contribution in [2.45, 2.75) is 166 Å². The molecule has 10 heteroatoms. The van der Waals surface area contributed by atoms with E-state index in [2.05, 4.69) is 39.6 Å². The van der Waals surface area contributed by atoms with Crippen LogP contribution in [-0.4, -0.2) is 119 Å². The van der Waals surface area contributed by atoms with E-state index in [1.165, 1.54) is 89.9 Å². The van der Waals surface area contributed by atoms with E-state index in [1.54, 1.807) is 10.8 Å². The second-order valence-electron chi connectivity index (χ2n) is 15.0. The SMILES string of the molecule is CCCCCCCCCCC(O)CN(CCCCC(=O)OCCN1CCN(CCSSc2ccccn2)CC1)CC(O)CCCCCCCCCC. The Balaban J connectivity index is 1.58. The van der Waals surface area contributed by atoms with E-state index in [0.29, 0.717) is 26.1 Å². The molecule has 0 bridgehead atoms. The summed E-state index contributed by atoms with van der Waals surface area (Å²) in [5.41, 5.74) is 0. The molecule has 2 N–H and O–H groups in total. The van der Waals surface area contributed by atoms with E-state index in [4.69, 9.17) is 4.74 Å². The molecule has 2 atom stereocenters. The highest BCUT2D eigenvalue weighted by Gasteiger charge is 2.18. The number of piperazine rings is 1. The van der Waals surface area contributed by atoms with Gasteiger partial charge in [0.25, 0.3) is 0 Å². The standard InChI is InChI=1S/C42H78N4O4S2/c1-3-5-7-9-11-13-15-17-23-39(47)37-46(38-40(48)24-18-16-14-12-10-8-6-4-2)28-22-20-26-42(49)50-35-33-44-29-31-45(32-30-44)34-36-51-52-41-25-19-21-27-43-41/h19,21,25,27,39-40,47-48H,3-18,20,22-24,26,28-38H2,1-2H3. The lowest BCUT2D eigenvalue weighted by Gasteiger charge is -2.34. The molecule has 52 heavy (non-hydrogen) atoms. The van der Waals surface area contributed by atoms with E-state index in [0.717, 1.165) is 95.1 Å². The first-order valence-electron chi connectivity index (χ1n) is 21.4. The first-order valence-corrected chi connectivity index (χ1v) is 23.7. The molecule has 0 saturated carbocycles. The molecule has 1 aromatic heterocycles. The van der Waals surface area contributed by atoms with Crippen molar-refractivity contribution in [2.24, 2.45) is 0 Å². The topological polar surface area (TPSA) is 89.4 Å². The molecule has 2 rings (SSSR count). The Hall–Kier alpha value is -0.880. The lowest BCUT2D eigenvalue weighted by Crippen LogP contribution is -2.47. The summed E-state index contributed by atoms with van der Waals surface area (Å²) in [4.78, 5) is 24.1. The number of hydrogen-bond donors (Lipinski definition) is 2. The molecule has 0 spiro atoms. The van der Waals surface area contributed by atoms with Gasteiger partial charge in [0.1, 0.15) is 11.6 Å². The van der Waals surface area contributed by atoms with Gasteiger partial charge in [-0.15, -0.1) is 0 Å². The summed E-state index contributed by atoms with van der Waals surface area (Å²) in [6, 6.07) is 6.03. The van der Waals surface area contributed by atoms with Crippen molar-refractivity contribution in [1.29, 1.82) is 0 Å². The fourth-order valence-corrected chi connectivity index (χ4v) is 8.84. The van der Waals surface area contributed by atoms with Crippen LogP contribution in [0.4, 0.5) is 0 Å². The zero-order chi connectivity index (χ0) is 37.3. The molecule has 0 radical (unpaired) electrons. The van der Waals surface area contributed by atoms with Crippen molar-refractivity contribution >= 4 is 27.6 Å². The molecule has 302 valence electrons. The molecule has 8 nitrogen and oxygen atoms in total. The molecule has 2 heterocycles. The van der Waals surface area contributed by atoms with Gasteiger partial charge in [0, 0.05) is 70.7 Å². The maximum Gasteiger partial charge on any atom is 0.305 e. The Morgan fingerprint density at radius 2 is 1.29 bits per heavy atom. The van der Waals surface area contributed by atoms with E-state index in [-0.39, 0.29) is 18.2 Å². The Morgan fingerprint density at radius 3 is 1.83 bits per heavy atom. The Morgan fingerprint density at radius 1 is 0.750 bits per heavy atom. The zero-order valence-electron chi connectivity index (χ0n) is 33.4. The number of esters is 1. The Labute approximate surface area is 327 Å². The summed E-state index contributed by atoms with van der Waals surface area (Å²) in [5.74, 6) is 0.966. The van der Waals surface area contributed by atoms with Crippen molar-refractivity contribution in [1.82, 2.24) is 19.7 Å². The summed E-state index contributed by atoms with van der Waals surface area (Å²) in [6.45, 7) is 13.0. The first-order chi connectivity index (χ1) is 25.5. The zero-order valence-corrected chi connectivity index (χ0v) is 35.0. The number of nitrogens with zero attached hydrogens (tertiary/aromatic N) is 4. The van der Waals surface area contributed by atoms with Gasteiger partial charge in [0.15, 0.2) is 0 Å². The van der Waals surface area contributed by atoms with Gasteiger partial charge in [-0.25, -0.2) is 4.98 Å². The second kappa shape index (κ2) is 33.5. The molecule has 0 amide bonds. The third-order valence-electron chi connectivity index (χ3n) is 10.2. The molecular formula is C42H78N4O4S2. The highest BCUT2D eigenvalue weighted by Crippen LogP contribution is 2.28. The number of carbonyl (C=O) groups excluding carboxylic acids is 1. The minimum Gasteiger partial charge on any atom is -0.464 e. The fraction of sp³-hybridized carbons (Fsp3) is 0.857. The number of aromatic nitrogens is 1. The summed E-state index contributed by atoms with van der Waals surface area (Å²) < 4.78 is 5.61. The van der Waals surface area contributed by atoms with Crippen LogP contribution in [0.25, 0.3) is 0 Å². The molecular weight excluding hydrogens is 689 g/mol. The van der Waals surface area contributed by atoms with Gasteiger partial charge >= 0.3 is 5.97 Å². The monoisotopic (exact) mass is 767 g/mol. The van der Waals surface area contributed by atoms with Gasteiger partial charge in [0.05, 0.1) is 12.2 Å². The number of aliphatic hydroxyl groups excluding tert-OH is 2. The minimum absolute atomic E-state index is 0.114. The van der Waals surface area contributed by atoms with Gasteiger partial charge in [-0.1, -0.05) is 133 Å². The number of ether oxygens (including phenoxy) is 1. The summed E-state index contributed by atoms with van der Waals surface area (Å²) in [7, 11) is 3.61. The molecule has 0 aromatic carbocycles. The van der Waals surface area contributed by atoms with Crippen LogP contribution in [0.5, 0.6) is 0 Å². The number of aliphatic hydroxyl groups is 2. The van der Waals surface area contributed by atoms with Crippen LogP contribution < -0.4 is 0 Å². The quantitative estimate of drug-likeness (QED) is 0.0396. The lowest BCUT2D eigenvalue weighted by molar-refractivity contribution is -0.144. The number of hydrogen-bond acceptors (Lipinski definition) is 10. The van der Waals surface area contributed by atoms with Crippen molar-refractivity contribution < 1.29 is 19.7 Å². The summed E-state index contributed by atoms with van der Waals surface area (Å²) in [6.07, 6.45) is 25.1. The van der Waals surface area contributed by atoms with Crippen LogP contribution in [0.1, 0.15) is 149 Å². The maximum atomic E-state index is 12.5. The van der Waals surface area contributed by atoms with Gasteiger partial charge < -0.3 is 14.9 Å². The van der Waals surface area contributed by atoms with E-state index in [1.807, 2.05) is 29.1 Å². The molecule has 0 aliphatic carbocycles. The third-order valence-corrected chi connectivity index (χ3v) is 12.5. The van der Waals surface area contributed by atoms with E-state index in [9.17, 15) is 15.0 Å². The molecule has 1 saturated heterocycles. The molecule has 1 aromatic rings. The van der Waals surface area contributed by atoms with Gasteiger partial charge in [-0.2, -0.15) is 0 Å². The lowest BCUT2D eigenvalue weighted by atomic mass is 10.0. The van der Waals surface area contributed by atoms with Gasteiger partial charge in [0.2, 0.25) is 0 Å². The van der Waals surface area contributed by atoms with Crippen LogP contribution in [0.2, 0.25) is 0 Å². The van der Waals surface area contributed by atoms with Crippen LogP contribution in [0, 0.1) is 0 Å². The summed E-state index contributed by atoms with van der Waals surface area (Å²) >= 11 is 0. The number of pyridine rings is 1. The highest BCUT2D eigenvalue weighted by molar-refractivity contribution is 8.76. The van der Waals surface area contributed by atoms with Crippen molar-refractivity contribution in [3.8, 4) is 0 Å². The normalized spacial score (nSPS) is 15.3. The predicted octanol–water partition coefficient (Wildman–Crippen LogP) is 9.24. The molecule has 1 fully saturated rings. The maximum absolute atomic E-state index is 12.5. The van der Waals surface area contributed by atoms with Crippen LogP contribution in [-0.2, 0) is 9.53 Å².